The Morgan fingerprint density at radius 1 is 1.13 bits per heavy atom. The van der Waals surface area contributed by atoms with E-state index in [1.54, 1.807) is 17.4 Å². The van der Waals surface area contributed by atoms with Crippen molar-refractivity contribution >= 4 is 44.8 Å². The lowest BCUT2D eigenvalue weighted by molar-refractivity contribution is -0.159. The maximum Gasteiger partial charge on any atom is 0.348 e. The first-order valence-corrected chi connectivity index (χ1v) is 12.4. The molecule has 164 valence electrons. The number of carbonyl (C=O) groups excluding carboxylic acids is 2. The number of nitrogens with zero attached hydrogens (tertiary/aromatic N) is 1. The van der Waals surface area contributed by atoms with E-state index in [0.29, 0.717) is 22.6 Å². The Morgan fingerprint density at radius 3 is 2.71 bits per heavy atom. The molecule has 7 heteroatoms. The van der Waals surface area contributed by atoms with E-state index >= 15 is 0 Å². The van der Waals surface area contributed by atoms with Crippen molar-refractivity contribution in [3.05, 3.63) is 41.3 Å². The number of esters is 2. The molecular weight excluding hydrogens is 430 g/mol. The van der Waals surface area contributed by atoms with Crippen LogP contribution in [0.2, 0.25) is 0 Å². The van der Waals surface area contributed by atoms with Crippen molar-refractivity contribution in [3.63, 3.8) is 0 Å². The maximum absolute atomic E-state index is 12.4. The van der Waals surface area contributed by atoms with Gasteiger partial charge in [0.1, 0.15) is 16.0 Å². The largest absolute Gasteiger partial charge is 0.460 e. The molecule has 1 saturated carbocycles. The average molecular weight is 458 g/mol. The lowest BCUT2D eigenvalue weighted by Gasteiger charge is -2.36. The third-order valence-corrected chi connectivity index (χ3v) is 8.15. The molecular formula is C24H27NO4S2. The molecule has 0 radical (unpaired) electrons. The molecule has 0 N–H and O–H groups in total. The van der Waals surface area contributed by atoms with Crippen molar-refractivity contribution < 1.29 is 19.1 Å². The number of thiazole rings is 1. The highest BCUT2D eigenvalue weighted by Gasteiger charge is 2.33. The van der Waals surface area contributed by atoms with Crippen LogP contribution in [-0.2, 0) is 14.3 Å². The maximum atomic E-state index is 12.4. The van der Waals surface area contributed by atoms with Gasteiger partial charge in [0.2, 0.25) is 0 Å². The third-order valence-electron chi connectivity index (χ3n) is 5.88. The summed E-state index contributed by atoms with van der Waals surface area (Å²) in [5, 5.41) is 0.871. The summed E-state index contributed by atoms with van der Waals surface area (Å²) in [4.78, 5) is 30.8. The smallest absolute Gasteiger partial charge is 0.348 e. The number of thiophene rings is 1. The lowest BCUT2D eigenvalue weighted by Crippen LogP contribution is -2.36. The van der Waals surface area contributed by atoms with Gasteiger partial charge in [-0.15, -0.1) is 22.7 Å². The molecule has 2 aromatic heterocycles. The molecule has 4 rings (SSSR count). The minimum absolute atomic E-state index is 0.0951. The van der Waals surface area contributed by atoms with Crippen molar-refractivity contribution in [1.82, 2.24) is 4.98 Å². The van der Waals surface area contributed by atoms with E-state index in [4.69, 9.17) is 9.47 Å². The number of ether oxygens (including phenoxy) is 2. The van der Waals surface area contributed by atoms with Crippen molar-refractivity contribution in [2.24, 2.45) is 17.8 Å². The normalized spacial score (nSPS) is 21.4. The van der Waals surface area contributed by atoms with Crippen LogP contribution in [-0.4, -0.2) is 29.6 Å². The number of hydrogen-bond acceptors (Lipinski definition) is 7. The Hall–Kier alpha value is -2.25. The molecule has 5 nitrogen and oxygen atoms in total. The second kappa shape index (κ2) is 9.49. The number of benzene rings is 1. The Kier molecular flexibility index (Phi) is 6.72. The average Bonchev–Trinajstić information content (AvgIpc) is 3.39. The van der Waals surface area contributed by atoms with E-state index in [0.717, 1.165) is 32.9 Å². The van der Waals surface area contributed by atoms with Crippen LogP contribution >= 0.6 is 22.7 Å². The van der Waals surface area contributed by atoms with Crippen molar-refractivity contribution in [3.8, 4) is 9.88 Å². The number of para-hydroxylation sites is 1. The van der Waals surface area contributed by atoms with Crippen molar-refractivity contribution in [2.75, 3.05) is 6.61 Å². The van der Waals surface area contributed by atoms with Gasteiger partial charge >= 0.3 is 11.9 Å². The first-order chi connectivity index (χ1) is 14.9. The van der Waals surface area contributed by atoms with E-state index < -0.39 is 11.9 Å². The van der Waals surface area contributed by atoms with Crippen LogP contribution in [0.15, 0.2) is 36.4 Å². The summed E-state index contributed by atoms with van der Waals surface area (Å²) in [5.74, 6) is 0.389. The van der Waals surface area contributed by atoms with Gasteiger partial charge in [0.15, 0.2) is 6.61 Å². The van der Waals surface area contributed by atoms with Gasteiger partial charge in [0.05, 0.1) is 15.1 Å². The molecule has 1 fully saturated rings. The molecule has 0 saturated heterocycles. The fourth-order valence-corrected chi connectivity index (χ4v) is 6.11. The van der Waals surface area contributed by atoms with Gasteiger partial charge in [-0.05, 0) is 54.9 Å². The Balaban J connectivity index is 1.34. The summed E-state index contributed by atoms with van der Waals surface area (Å²) in [5.41, 5.74) is 0.944. The summed E-state index contributed by atoms with van der Waals surface area (Å²) in [6.45, 7) is 6.17. The molecule has 0 bridgehead atoms. The van der Waals surface area contributed by atoms with Crippen molar-refractivity contribution in [2.45, 2.75) is 46.1 Å². The first kappa shape index (κ1) is 22.0. The molecule has 1 aromatic carbocycles. The molecule has 3 aromatic rings. The van der Waals surface area contributed by atoms with E-state index in [-0.39, 0.29) is 12.7 Å². The summed E-state index contributed by atoms with van der Waals surface area (Å²) in [6.07, 6.45) is 3.02. The quantitative estimate of drug-likeness (QED) is 0.413. The first-order valence-electron chi connectivity index (χ1n) is 10.7. The second-order valence-electron chi connectivity index (χ2n) is 8.58. The fourth-order valence-electron chi connectivity index (χ4n) is 4.19. The molecule has 3 atom stereocenters. The molecule has 1 aliphatic carbocycles. The molecule has 0 spiro atoms. The summed E-state index contributed by atoms with van der Waals surface area (Å²) < 4.78 is 12.1. The number of rotatable bonds is 6. The molecule has 2 heterocycles. The monoisotopic (exact) mass is 457 g/mol. The van der Waals surface area contributed by atoms with Gasteiger partial charge < -0.3 is 9.47 Å². The number of carbonyl (C=O) groups is 2. The zero-order valence-corrected chi connectivity index (χ0v) is 19.6. The van der Waals surface area contributed by atoms with E-state index in [9.17, 15) is 9.59 Å². The van der Waals surface area contributed by atoms with Crippen LogP contribution < -0.4 is 0 Å². The van der Waals surface area contributed by atoms with Crippen LogP contribution in [0.25, 0.3) is 20.1 Å². The highest BCUT2D eigenvalue weighted by Crippen LogP contribution is 2.36. The summed E-state index contributed by atoms with van der Waals surface area (Å²) >= 11 is 2.91. The zero-order chi connectivity index (χ0) is 22.0. The standard InChI is InChI=1S/C24H27NO4S2/c1-14(2)16-9-8-15(3)12-18(16)29-22(26)13-28-24(27)21-11-10-20(30-21)23-25-17-6-4-5-7-19(17)31-23/h4-7,10-11,14-16,18H,8-9,12-13H2,1-3H3/t15-,16+,18-/m1/s1. The van der Waals surface area contributed by atoms with Crippen LogP contribution in [0.3, 0.4) is 0 Å². The highest BCUT2D eigenvalue weighted by molar-refractivity contribution is 7.26. The molecule has 0 unspecified atom stereocenters. The van der Waals surface area contributed by atoms with Crippen LogP contribution in [0.1, 0.15) is 49.7 Å². The van der Waals surface area contributed by atoms with E-state index in [1.807, 2.05) is 30.3 Å². The Labute approximate surface area is 190 Å². The molecule has 31 heavy (non-hydrogen) atoms. The van der Waals surface area contributed by atoms with Crippen LogP contribution in [0, 0.1) is 17.8 Å². The Morgan fingerprint density at radius 2 is 1.94 bits per heavy atom. The predicted molar refractivity (Wildman–Crippen MR) is 124 cm³/mol. The molecule has 1 aliphatic rings. The van der Waals surface area contributed by atoms with Gasteiger partial charge in [0.25, 0.3) is 0 Å². The zero-order valence-electron chi connectivity index (χ0n) is 18.0. The molecule has 0 aliphatic heterocycles. The van der Waals surface area contributed by atoms with Crippen molar-refractivity contribution in [1.29, 1.82) is 0 Å². The second-order valence-corrected chi connectivity index (χ2v) is 10.7. The summed E-state index contributed by atoms with van der Waals surface area (Å²) in [6, 6.07) is 11.5. The number of hydrogen-bond donors (Lipinski definition) is 0. The van der Waals surface area contributed by atoms with Gasteiger partial charge in [0, 0.05) is 0 Å². The Bertz CT molecular complexity index is 1040. The van der Waals surface area contributed by atoms with Gasteiger partial charge in [-0.1, -0.05) is 39.3 Å². The SMILES string of the molecule is CC(C)[C@@H]1CC[C@@H](C)C[C@H]1OC(=O)COC(=O)c1ccc(-c2nc3ccccc3s2)s1. The van der Waals surface area contributed by atoms with Crippen LogP contribution in [0.4, 0.5) is 0 Å². The molecule has 0 amide bonds. The minimum Gasteiger partial charge on any atom is -0.460 e. The highest BCUT2D eigenvalue weighted by atomic mass is 32.1. The van der Waals surface area contributed by atoms with Gasteiger partial charge in [-0.25, -0.2) is 14.6 Å². The number of aromatic nitrogens is 1. The van der Waals surface area contributed by atoms with Gasteiger partial charge in [-0.3, -0.25) is 0 Å². The van der Waals surface area contributed by atoms with E-state index in [2.05, 4.69) is 25.8 Å². The lowest BCUT2D eigenvalue weighted by atomic mass is 9.75. The minimum atomic E-state index is -0.508. The van der Waals surface area contributed by atoms with E-state index in [1.165, 1.54) is 17.8 Å². The predicted octanol–water partition coefficient (Wildman–Crippen LogP) is 6.19. The van der Waals surface area contributed by atoms with Gasteiger partial charge in [-0.2, -0.15) is 0 Å². The fraction of sp³-hybridized carbons (Fsp3) is 0.458. The third kappa shape index (κ3) is 5.15. The summed E-state index contributed by atoms with van der Waals surface area (Å²) in [7, 11) is 0. The topological polar surface area (TPSA) is 65.5 Å². The van der Waals surface area contributed by atoms with Crippen LogP contribution in [0.5, 0.6) is 0 Å². The number of fused-ring (bicyclic) bond motifs is 1.